The van der Waals surface area contributed by atoms with Gasteiger partial charge >= 0.3 is 0 Å². The molecule has 2 heterocycles. The molecule has 7 heteroatoms. The predicted molar refractivity (Wildman–Crippen MR) is 97.9 cm³/mol. The van der Waals surface area contributed by atoms with E-state index in [4.69, 9.17) is 0 Å². The molecule has 0 bridgehead atoms. The topological polar surface area (TPSA) is 86.5 Å². The maximum atomic E-state index is 13.6. The number of hydrogen-bond acceptors (Lipinski definition) is 3. The number of benzene rings is 2. The third kappa shape index (κ3) is 2.75. The third-order valence-electron chi connectivity index (χ3n) is 3.97. The molecule has 3 N–H and O–H groups in total. The minimum absolute atomic E-state index is 0.307. The highest BCUT2D eigenvalue weighted by Gasteiger charge is 2.15. The zero-order valence-corrected chi connectivity index (χ0v) is 13.6. The average Bonchev–Trinajstić information content (AvgIpc) is 3.27. The van der Waals surface area contributed by atoms with Crippen LogP contribution in [0.3, 0.4) is 0 Å². The highest BCUT2D eigenvalue weighted by Crippen LogP contribution is 2.31. The molecule has 26 heavy (non-hydrogen) atoms. The molecular formula is C19H14FN5O. The normalized spacial score (nSPS) is 10.8. The first-order valence-electron chi connectivity index (χ1n) is 7.87. The first-order valence-corrected chi connectivity index (χ1v) is 7.87. The molecule has 0 aliphatic heterocycles. The molecule has 0 saturated heterocycles. The monoisotopic (exact) mass is 347 g/mol. The number of para-hydroxylation sites is 1. The number of rotatable bonds is 4. The van der Waals surface area contributed by atoms with E-state index >= 15 is 0 Å². The number of carbonyl (C=O) groups is 1. The van der Waals surface area contributed by atoms with Crippen LogP contribution in [-0.4, -0.2) is 26.1 Å². The summed E-state index contributed by atoms with van der Waals surface area (Å²) in [6, 6.07) is 12.0. The summed E-state index contributed by atoms with van der Waals surface area (Å²) in [6.45, 7) is 3.43. The van der Waals surface area contributed by atoms with Crippen LogP contribution < -0.4 is 5.32 Å². The summed E-state index contributed by atoms with van der Waals surface area (Å²) in [5, 5.41) is 9.47. The van der Waals surface area contributed by atoms with Gasteiger partial charge in [-0.1, -0.05) is 30.8 Å². The number of amides is 1. The van der Waals surface area contributed by atoms with Gasteiger partial charge in [0.2, 0.25) is 5.91 Å². The number of hydrogen-bond donors (Lipinski definition) is 3. The second kappa shape index (κ2) is 6.29. The van der Waals surface area contributed by atoms with Crippen molar-refractivity contribution < 1.29 is 9.18 Å². The Labute approximate surface area is 147 Å². The van der Waals surface area contributed by atoms with Crippen LogP contribution >= 0.6 is 0 Å². The second-order valence-electron chi connectivity index (χ2n) is 5.65. The molecule has 0 aliphatic carbocycles. The SMILES string of the molecule is C=CC(=O)Nc1cn[nH]c1-c1nc2c(-c3cccc(F)c3)cccc2[nH]1. The molecule has 0 fully saturated rings. The van der Waals surface area contributed by atoms with E-state index in [1.165, 1.54) is 24.4 Å². The van der Waals surface area contributed by atoms with Gasteiger partial charge in [-0.25, -0.2) is 9.37 Å². The molecule has 0 saturated carbocycles. The fourth-order valence-electron chi connectivity index (χ4n) is 2.78. The number of carbonyl (C=O) groups excluding carboxylic acids is 1. The van der Waals surface area contributed by atoms with Gasteiger partial charge in [0.1, 0.15) is 11.5 Å². The van der Waals surface area contributed by atoms with E-state index in [1.807, 2.05) is 24.3 Å². The average molecular weight is 347 g/mol. The standard InChI is InChI=1S/C19H14FN5O/c1-2-16(26)22-15-10-21-25-18(15)19-23-14-8-4-7-13(17(14)24-19)11-5-3-6-12(20)9-11/h2-10H,1H2,(H,21,25)(H,22,26)(H,23,24). The van der Waals surface area contributed by atoms with Crippen LogP contribution in [0.1, 0.15) is 0 Å². The van der Waals surface area contributed by atoms with Crippen molar-refractivity contribution in [3.05, 3.63) is 67.1 Å². The van der Waals surface area contributed by atoms with E-state index < -0.39 is 0 Å². The number of fused-ring (bicyclic) bond motifs is 1. The summed E-state index contributed by atoms with van der Waals surface area (Å²) in [5.74, 6) is -0.136. The van der Waals surface area contributed by atoms with E-state index in [-0.39, 0.29) is 11.7 Å². The van der Waals surface area contributed by atoms with E-state index in [0.717, 1.165) is 16.6 Å². The first kappa shape index (κ1) is 15.8. The van der Waals surface area contributed by atoms with Crippen molar-refractivity contribution in [2.45, 2.75) is 0 Å². The molecular weight excluding hydrogens is 333 g/mol. The van der Waals surface area contributed by atoms with Crippen LogP contribution in [0.15, 0.2) is 61.3 Å². The van der Waals surface area contributed by atoms with E-state index in [2.05, 4.69) is 32.1 Å². The Morgan fingerprint density at radius 1 is 1.23 bits per heavy atom. The van der Waals surface area contributed by atoms with E-state index in [1.54, 1.807) is 6.07 Å². The summed E-state index contributed by atoms with van der Waals surface area (Å²) in [7, 11) is 0. The Morgan fingerprint density at radius 3 is 2.88 bits per heavy atom. The lowest BCUT2D eigenvalue weighted by Crippen LogP contribution is -2.07. The lowest BCUT2D eigenvalue weighted by molar-refractivity contribution is -0.111. The van der Waals surface area contributed by atoms with Crippen molar-refractivity contribution in [1.29, 1.82) is 0 Å². The lowest BCUT2D eigenvalue weighted by atomic mass is 10.0. The molecule has 2 aromatic carbocycles. The zero-order valence-electron chi connectivity index (χ0n) is 13.6. The minimum Gasteiger partial charge on any atom is -0.337 e. The number of nitrogens with one attached hydrogen (secondary N) is 3. The molecule has 6 nitrogen and oxygen atoms in total. The highest BCUT2D eigenvalue weighted by atomic mass is 19.1. The van der Waals surface area contributed by atoms with Crippen LogP contribution in [0.25, 0.3) is 33.7 Å². The van der Waals surface area contributed by atoms with Gasteiger partial charge in [-0.05, 0) is 29.8 Å². The Bertz CT molecular complexity index is 1130. The van der Waals surface area contributed by atoms with Crippen molar-refractivity contribution in [3.63, 3.8) is 0 Å². The van der Waals surface area contributed by atoms with Crippen molar-refractivity contribution in [3.8, 4) is 22.6 Å². The number of anilines is 1. The highest BCUT2D eigenvalue weighted by molar-refractivity contribution is 6.01. The molecule has 0 radical (unpaired) electrons. The summed E-state index contributed by atoms with van der Waals surface area (Å²) in [5.41, 5.74) is 4.06. The van der Waals surface area contributed by atoms with E-state index in [0.29, 0.717) is 22.7 Å². The van der Waals surface area contributed by atoms with Crippen LogP contribution in [-0.2, 0) is 4.79 Å². The van der Waals surface area contributed by atoms with Crippen molar-refractivity contribution in [2.24, 2.45) is 0 Å². The Balaban J connectivity index is 1.83. The lowest BCUT2D eigenvalue weighted by Gasteiger charge is -2.02. The van der Waals surface area contributed by atoms with Crippen molar-refractivity contribution in [1.82, 2.24) is 20.2 Å². The molecule has 0 unspecified atom stereocenters. The number of aromatic nitrogens is 4. The summed E-state index contributed by atoms with van der Waals surface area (Å²) < 4.78 is 13.6. The number of imidazole rings is 1. The van der Waals surface area contributed by atoms with Gasteiger partial charge in [-0.3, -0.25) is 9.89 Å². The molecule has 2 aromatic heterocycles. The van der Waals surface area contributed by atoms with Crippen molar-refractivity contribution in [2.75, 3.05) is 5.32 Å². The largest absolute Gasteiger partial charge is 0.337 e. The van der Waals surface area contributed by atoms with Gasteiger partial charge in [0.05, 0.1) is 22.9 Å². The molecule has 0 spiro atoms. The summed E-state index contributed by atoms with van der Waals surface area (Å²) >= 11 is 0. The number of nitrogens with zero attached hydrogens (tertiary/aromatic N) is 2. The summed E-state index contributed by atoms with van der Waals surface area (Å²) in [6.07, 6.45) is 2.68. The van der Waals surface area contributed by atoms with Gasteiger partial charge in [-0.15, -0.1) is 0 Å². The number of halogens is 1. The van der Waals surface area contributed by atoms with Gasteiger partial charge in [-0.2, -0.15) is 5.10 Å². The van der Waals surface area contributed by atoms with Gasteiger partial charge in [0.15, 0.2) is 5.82 Å². The Hall–Kier alpha value is -3.74. The molecule has 0 atom stereocenters. The van der Waals surface area contributed by atoms with E-state index in [9.17, 15) is 9.18 Å². The van der Waals surface area contributed by atoms with Crippen molar-refractivity contribution >= 4 is 22.6 Å². The quantitative estimate of drug-likeness (QED) is 0.490. The van der Waals surface area contributed by atoms with Crippen LogP contribution in [0.4, 0.5) is 10.1 Å². The molecule has 0 aliphatic rings. The molecule has 4 rings (SSSR count). The fourth-order valence-corrected chi connectivity index (χ4v) is 2.78. The number of aromatic amines is 2. The maximum absolute atomic E-state index is 13.6. The molecule has 128 valence electrons. The Kier molecular flexibility index (Phi) is 3.81. The number of H-pyrrole nitrogens is 2. The smallest absolute Gasteiger partial charge is 0.247 e. The molecule has 1 amide bonds. The Morgan fingerprint density at radius 2 is 2.08 bits per heavy atom. The summed E-state index contributed by atoms with van der Waals surface area (Å²) in [4.78, 5) is 19.4. The predicted octanol–water partition coefficient (Wildman–Crippen LogP) is 3.88. The first-order chi connectivity index (χ1) is 12.7. The minimum atomic E-state index is -0.343. The third-order valence-corrected chi connectivity index (χ3v) is 3.97. The zero-order chi connectivity index (χ0) is 18.1. The van der Waals surface area contributed by atoms with Gasteiger partial charge < -0.3 is 10.3 Å². The second-order valence-corrected chi connectivity index (χ2v) is 5.65. The van der Waals surface area contributed by atoms with Crippen LogP contribution in [0, 0.1) is 5.82 Å². The maximum Gasteiger partial charge on any atom is 0.247 e. The van der Waals surface area contributed by atoms with Gasteiger partial charge in [0, 0.05) is 5.56 Å². The van der Waals surface area contributed by atoms with Crippen LogP contribution in [0.5, 0.6) is 0 Å². The van der Waals surface area contributed by atoms with Gasteiger partial charge in [0.25, 0.3) is 0 Å². The van der Waals surface area contributed by atoms with Crippen LogP contribution in [0.2, 0.25) is 0 Å². The molecule has 4 aromatic rings. The fraction of sp³-hybridized carbons (Fsp3) is 0.